The number of rotatable bonds is 0. The van der Waals surface area contributed by atoms with Crippen molar-refractivity contribution in [1.82, 2.24) is 0 Å². The van der Waals surface area contributed by atoms with Gasteiger partial charge in [0.1, 0.15) is 6.61 Å². The van der Waals surface area contributed by atoms with Crippen molar-refractivity contribution >= 4 is 5.97 Å². The summed E-state index contributed by atoms with van der Waals surface area (Å²) in [5.41, 5.74) is -3.24. The number of hydrogen-bond donors (Lipinski definition) is 1. The molecule has 0 aromatic rings. The molecule has 10 heavy (non-hydrogen) atoms. The van der Waals surface area contributed by atoms with E-state index in [0.29, 0.717) is 0 Å². The number of hydrogen-bond acceptors (Lipinski definition) is 3. The Bertz CT molecular complexity index is 175. The van der Waals surface area contributed by atoms with E-state index in [1.165, 1.54) is 0 Å². The molecule has 1 heterocycles. The molecule has 0 aromatic carbocycles. The molecule has 0 spiro atoms. The Balaban J connectivity index is 2.80. The van der Waals surface area contributed by atoms with E-state index in [-0.39, 0.29) is 0 Å². The van der Waals surface area contributed by atoms with Gasteiger partial charge in [0.2, 0.25) is 0 Å². The zero-order valence-corrected chi connectivity index (χ0v) is 4.60. The molecule has 0 aromatic heterocycles. The fourth-order valence-corrected chi connectivity index (χ4v) is 0.465. The van der Waals surface area contributed by atoms with Gasteiger partial charge in [-0.3, -0.25) is 0 Å². The maximum absolute atomic E-state index is 11.6. The number of esters is 1. The molecule has 3 nitrogen and oxygen atoms in total. The number of carbonyl (C=O) groups excluding carboxylic acids is 1. The molecule has 0 saturated carbocycles. The van der Waals surface area contributed by atoms with Crippen molar-refractivity contribution in [3.05, 3.63) is 0 Å². The van der Waals surface area contributed by atoms with Crippen LogP contribution in [-0.4, -0.2) is 29.5 Å². The first-order valence-electron chi connectivity index (χ1n) is 2.34. The SMILES string of the molecule is O=C1OC[C@]1(O)C(F)(F)F. The van der Waals surface area contributed by atoms with Gasteiger partial charge in [0.15, 0.2) is 0 Å². The maximum Gasteiger partial charge on any atom is 0.431 e. The third kappa shape index (κ3) is 0.683. The van der Waals surface area contributed by atoms with E-state index in [0.717, 1.165) is 0 Å². The van der Waals surface area contributed by atoms with Gasteiger partial charge in [-0.2, -0.15) is 13.2 Å². The van der Waals surface area contributed by atoms with E-state index >= 15 is 0 Å². The summed E-state index contributed by atoms with van der Waals surface area (Å²) in [7, 11) is 0. The zero-order valence-electron chi connectivity index (χ0n) is 4.60. The highest BCUT2D eigenvalue weighted by Gasteiger charge is 2.67. The van der Waals surface area contributed by atoms with Crippen LogP contribution in [0.3, 0.4) is 0 Å². The van der Waals surface area contributed by atoms with Crippen LogP contribution in [0, 0.1) is 0 Å². The Kier molecular flexibility index (Phi) is 1.19. The van der Waals surface area contributed by atoms with Crippen LogP contribution in [0.4, 0.5) is 13.2 Å². The number of carbonyl (C=O) groups is 1. The molecule has 1 aliphatic heterocycles. The quantitative estimate of drug-likeness (QED) is 0.495. The van der Waals surface area contributed by atoms with Crippen molar-refractivity contribution in [2.24, 2.45) is 0 Å². The minimum atomic E-state index is -4.91. The van der Waals surface area contributed by atoms with Crippen molar-refractivity contribution in [3.63, 3.8) is 0 Å². The van der Waals surface area contributed by atoms with Crippen LogP contribution >= 0.6 is 0 Å². The second kappa shape index (κ2) is 1.63. The lowest BCUT2D eigenvalue weighted by molar-refractivity contribution is -0.303. The van der Waals surface area contributed by atoms with Crippen molar-refractivity contribution in [1.29, 1.82) is 0 Å². The summed E-state index contributed by atoms with van der Waals surface area (Å²) in [4.78, 5) is 10.0. The second-order valence-corrected chi connectivity index (χ2v) is 1.93. The van der Waals surface area contributed by atoms with Crippen LogP contribution in [0.25, 0.3) is 0 Å². The standard InChI is InChI=1S/C4H3F3O3/c5-4(6,7)3(9)1-10-2(3)8/h9H,1H2/t3-/m1/s1. The Morgan fingerprint density at radius 2 is 2.10 bits per heavy atom. The van der Waals surface area contributed by atoms with Gasteiger partial charge >= 0.3 is 12.1 Å². The van der Waals surface area contributed by atoms with Crippen LogP contribution in [-0.2, 0) is 9.53 Å². The molecule has 0 unspecified atom stereocenters. The van der Waals surface area contributed by atoms with Crippen molar-refractivity contribution in [3.8, 4) is 0 Å². The van der Waals surface area contributed by atoms with E-state index in [2.05, 4.69) is 4.74 Å². The minimum Gasteiger partial charge on any atom is -0.459 e. The second-order valence-electron chi connectivity index (χ2n) is 1.93. The number of cyclic esters (lactones) is 1. The molecule has 1 aliphatic rings. The van der Waals surface area contributed by atoms with Crippen molar-refractivity contribution in [2.75, 3.05) is 6.61 Å². The lowest BCUT2D eigenvalue weighted by Gasteiger charge is -2.34. The third-order valence-electron chi connectivity index (χ3n) is 1.22. The van der Waals surface area contributed by atoms with Gasteiger partial charge in [-0.15, -0.1) is 0 Å². The third-order valence-corrected chi connectivity index (χ3v) is 1.22. The fourth-order valence-electron chi connectivity index (χ4n) is 0.465. The fraction of sp³-hybridized carbons (Fsp3) is 0.750. The molecule has 1 rings (SSSR count). The predicted molar refractivity (Wildman–Crippen MR) is 22.0 cm³/mol. The highest BCUT2D eigenvalue weighted by molar-refractivity contribution is 5.85. The first-order valence-corrected chi connectivity index (χ1v) is 2.34. The number of halogens is 3. The average molecular weight is 156 g/mol. The summed E-state index contributed by atoms with van der Waals surface area (Å²) >= 11 is 0. The van der Waals surface area contributed by atoms with Crippen molar-refractivity contribution < 1.29 is 27.8 Å². The Morgan fingerprint density at radius 3 is 2.10 bits per heavy atom. The van der Waals surface area contributed by atoms with Gasteiger partial charge in [-0.1, -0.05) is 0 Å². The van der Waals surface area contributed by atoms with Crippen LogP contribution < -0.4 is 0 Å². The van der Waals surface area contributed by atoms with Gasteiger partial charge in [-0.25, -0.2) is 4.79 Å². The summed E-state index contributed by atoms with van der Waals surface area (Å²) in [6.45, 7) is -0.991. The highest BCUT2D eigenvalue weighted by Crippen LogP contribution is 2.36. The first-order chi connectivity index (χ1) is 4.38. The summed E-state index contributed by atoms with van der Waals surface area (Å²) < 4.78 is 38.5. The molecule has 0 bridgehead atoms. The number of aliphatic hydroxyl groups is 1. The van der Waals surface area contributed by atoms with Crippen LogP contribution in [0.5, 0.6) is 0 Å². The van der Waals surface area contributed by atoms with E-state index in [1.54, 1.807) is 0 Å². The molecule has 1 fully saturated rings. The minimum absolute atomic E-state index is 0.991. The predicted octanol–water partition coefficient (Wildman–Crippen LogP) is -0.163. The largest absolute Gasteiger partial charge is 0.459 e. The van der Waals surface area contributed by atoms with Gasteiger partial charge in [0.05, 0.1) is 0 Å². The first kappa shape index (κ1) is 7.33. The van der Waals surface area contributed by atoms with E-state index in [4.69, 9.17) is 5.11 Å². The lowest BCUT2D eigenvalue weighted by Crippen LogP contribution is -2.64. The van der Waals surface area contributed by atoms with Crippen LogP contribution in [0.15, 0.2) is 0 Å². The molecule has 1 N–H and O–H groups in total. The summed E-state index contributed by atoms with van der Waals surface area (Å²) in [6, 6.07) is 0. The molecule has 0 aliphatic carbocycles. The average Bonchev–Trinajstić information content (AvgIpc) is 1.80. The van der Waals surface area contributed by atoms with Gasteiger partial charge < -0.3 is 9.84 Å². The summed E-state index contributed by atoms with van der Waals surface area (Å²) in [5.74, 6) is -1.63. The van der Waals surface area contributed by atoms with Crippen LogP contribution in [0.2, 0.25) is 0 Å². The lowest BCUT2D eigenvalue weighted by atomic mass is 10.0. The Labute approximate surface area is 53.4 Å². The zero-order chi connectivity index (χ0) is 7.99. The van der Waals surface area contributed by atoms with Crippen LogP contribution in [0.1, 0.15) is 0 Å². The molecular weight excluding hydrogens is 153 g/mol. The maximum atomic E-state index is 11.6. The number of ether oxygens (including phenoxy) is 1. The molecule has 0 amide bonds. The molecule has 1 atom stereocenters. The monoisotopic (exact) mass is 156 g/mol. The number of alkyl halides is 3. The molecular formula is C4H3F3O3. The van der Waals surface area contributed by atoms with Gasteiger partial charge in [0, 0.05) is 0 Å². The normalized spacial score (nSPS) is 33.0. The Hall–Kier alpha value is -0.780. The molecule has 58 valence electrons. The van der Waals surface area contributed by atoms with E-state index < -0.39 is 24.4 Å². The van der Waals surface area contributed by atoms with E-state index in [1.807, 2.05) is 0 Å². The summed E-state index contributed by atoms with van der Waals surface area (Å²) in [5, 5.41) is 8.42. The highest BCUT2D eigenvalue weighted by atomic mass is 19.4. The molecule has 0 radical (unpaired) electrons. The van der Waals surface area contributed by atoms with E-state index in [9.17, 15) is 18.0 Å². The smallest absolute Gasteiger partial charge is 0.431 e. The molecule has 6 heteroatoms. The van der Waals surface area contributed by atoms with Gasteiger partial charge in [-0.05, 0) is 0 Å². The summed E-state index contributed by atoms with van der Waals surface area (Å²) in [6.07, 6.45) is -4.91. The molecule has 1 saturated heterocycles. The Morgan fingerprint density at radius 1 is 1.60 bits per heavy atom. The topological polar surface area (TPSA) is 46.5 Å². The van der Waals surface area contributed by atoms with Gasteiger partial charge in [0.25, 0.3) is 5.60 Å². The van der Waals surface area contributed by atoms with Crippen molar-refractivity contribution in [2.45, 2.75) is 11.8 Å².